The Bertz CT molecular complexity index is 327. The number of aromatic nitrogens is 2. The zero-order valence-corrected chi connectivity index (χ0v) is 7.94. The average Bonchev–Trinajstić information content (AvgIpc) is 2.68. The van der Waals surface area contributed by atoms with E-state index in [0.717, 1.165) is 19.4 Å². The van der Waals surface area contributed by atoms with Crippen LogP contribution >= 0.6 is 0 Å². The highest BCUT2D eigenvalue weighted by Gasteiger charge is 2.16. The van der Waals surface area contributed by atoms with Gasteiger partial charge in [0.2, 0.25) is 0 Å². The van der Waals surface area contributed by atoms with E-state index in [-0.39, 0.29) is 12.1 Å². The first-order valence-electron chi connectivity index (χ1n) is 4.77. The number of amidine groups is 1. The third-order valence-corrected chi connectivity index (χ3v) is 2.36. The summed E-state index contributed by atoms with van der Waals surface area (Å²) in [5, 5.41) is 11.4. The molecule has 1 saturated heterocycles. The maximum Gasteiger partial charge on any atom is 0.150 e. The highest BCUT2D eigenvalue weighted by atomic mass is 16.5. The number of hydrogen-bond acceptors (Lipinski definition) is 3. The standard InChI is InChI=1S/C9H14N4O/c10-9(11)7-5-12-13(6-7)8-3-1-2-4-14-8/h5-6,8H,1-4H2,(H3,10,11). The van der Waals surface area contributed by atoms with Crippen LogP contribution in [0.5, 0.6) is 0 Å². The Morgan fingerprint density at radius 3 is 3.07 bits per heavy atom. The lowest BCUT2D eigenvalue weighted by atomic mass is 10.2. The number of nitrogens with one attached hydrogen (secondary N) is 1. The molecule has 0 amide bonds. The fourth-order valence-electron chi connectivity index (χ4n) is 1.57. The second-order valence-electron chi connectivity index (χ2n) is 3.44. The molecule has 76 valence electrons. The summed E-state index contributed by atoms with van der Waals surface area (Å²) in [5.41, 5.74) is 6.00. The first-order valence-corrected chi connectivity index (χ1v) is 4.77. The summed E-state index contributed by atoms with van der Waals surface area (Å²) < 4.78 is 7.29. The summed E-state index contributed by atoms with van der Waals surface area (Å²) in [6.07, 6.45) is 6.66. The van der Waals surface area contributed by atoms with Gasteiger partial charge in [-0.1, -0.05) is 0 Å². The number of nitrogens with two attached hydrogens (primary N) is 1. The minimum atomic E-state index is 0.0249. The fourth-order valence-corrected chi connectivity index (χ4v) is 1.57. The lowest BCUT2D eigenvalue weighted by Crippen LogP contribution is -2.18. The van der Waals surface area contributed by atoms with E-state index in [1.54, 1.807) is 17.1 Å². The molecule has 1 aromatic heterocycles. The summed E-state index contributed by atoms with van der Waals surface area (Å²) in [5.74, 6) is 0.0482. The van der Waals surface area contributed by atoms with Crippen LogP contribution in [0.1, 0.15) is 31.1 Å². The Balaban J connectivity index is 2.11. The number of hydrogen-bond donors (Lipinski definition) is 2. The van der Waals surface area contributed by atoms with Gasteiger partial charge < -0.3 is 10.5 Å². The van der Waals surface area contributed by atoms with Crippen molar-refractivity contribution < 1.29 is 4.74 Å². The van der Waals surface area contributed by atoms with E-state index >= 15 is 0 Å². The molecule has 14 heavy (non-hydrogen) atoms. The van der Waals surface area contributed by atoms with Crippen molar-refractivity contribution in [1.82, 2.24) is 9.78 Å². The van der Waals surface area contributed by atoms with Crippen molar-refractivity contribution in [3.8, 4) is 0 Å². The van der Waals surface area contributed by atoms with Gasteiger partial charge in [-0.25, -0.2) is 4.68 Å². The topological polar surface area (TPSA) is 76.9 Å². The molecule has 2 rings (SSSR count). The Morgan fingerprint density at radius 2 is 2.50 bits per heavy atom. The number of ether oxygens (including phenoxy) is 1. The zero-order chi connectivity index (χ0) is 9.97. The molecule has 1 aliphatic heterocycles. The zero-order valence-electron chi connectivity index (χ0n) is 7.94. The van der Waals surface area contributed by atoms with Crippen LogP contribution in [0.15, 0.2) is 12.4 Å². The van der Waals surface area contributed by atoms with Crippen LogP contribution in [0.4, 0.5) is 0 Å². The highest BCUT2D eigenvalue weighted by Crippen LogP contribution is 2.21. The van der Waals surface area contributed by atoms with Crippen molar-refractivity contribution in [2.45, 2.75) is 25.5 Å². The van der Waals surface area contributed by atoms with Crippen LogP contribution in [0.2, 0.25) is 0 Å². The predicted molar refractivity (Wildman–Crippen MR) is 52.1 cm³/mol. The van der Waals surface area contributed by atoms with Gasteiger partial charge in [-0.15, -0.1) is 0 Å². The number of nitrogens with zero attached hydrogens (tertiary/aromatic N) is 2. The molecule has 0 aromatic carbocycles. The minimum absolute atomic E-state index is 0.0249. The molecule has 0 spiro atoms. The first kappa shape index (κ1) is 9.21. The smallest absolute Gasteiger partial charge is 0.150 e. The molecular weight excluding hydrogens is 180 g/mol. The van der Waals surface area contributed by atoms with Crippen LogP contribution < -0.4 is 5.73 Å². The number of rotatable bonds is 2. The average molecular weight is 194 g/mol. The van der Waals surface area contributed by atoms with Gasteiger partial charge in [0.15, 0.2) is 0 Å². The van der Waals surface area contributed by atoms with Crippen LogP contribution in [-0.4, -0.2) is 22.2 Å². The Morgan fingerprint density at radius 1 is 1.64 bits per heavy atom. The molecule has 0 radical (unpaired) electrons. The van der Waals surface area contributed by atoms with Gasteiger partial charge in [0.1, 0.15) is 12.1 Å². The van der Waals surface area contributed by atoms with Gasteiger partial charge in [-0.3, -0.25) is 5.41 Å². The predicted octanol–water partition coefficient (Wildman–Crippen LogP) is 0.866. The Kier molecular flexibility index (Phi) is 2.49. The Hall–Kier alpha value is -1.36. The second-order valence-corrected chi connectivity index (χ2v) is 3.44. The summed E-state index contributed by atoms with van der Waals surface area (Å²) >= 11 is 0. The maximum atomic E-state index is 7.25. The molecular formula is C9H14N4O. The molecule has 1 unspecified atom stereocenters. The molecule has 1 fully saturated rings. The molecule has 3 N–H and O–H groups in total. The molecule has 1 atom stereocenters. The van der Waals surface area contributed by atoms with E-state index in [1.165, 1.54) is 6.42 Å². The number of nitrogen functional groups attached to an aromatic ring is 1. The highest BCUT2D eigenvalue weighted by molar-refractivity contribution is 5.94. The minimum Gasteiger partial charge on any atom is -0.384 e. The van der Waals surface area contributed by atoms with E-state index in [0.29, 0.717) is 5.56 Å². The molecule has 2 heterocycles. The van der Waals surface area contributed by atoms with Gasteiger partial charge in [0.05, 0.1) is 11.8 Å². The molecule has 1 aromatic rings. The Labute approximate surface area is 82.4 Å². The molecule has 0 saturated carbocycles. The van der Waals surface area contributed by atoms with E-state index in [9.17, 15) is 0 Å². The van der Waals surface area contributed by atoms with Gasteiger partial charge in [-0.05, 0) is 19.3 Å². The van der Waals surface area contributed by atoms with Gasteiger partial charge in [-0.2, -0.15) is 5.10 Å². The first-order chi connectivity index (χ1) is 6.77. The molecule has 5 heteroatoms. The summed E-state index contributed by atoms with van der Waals surface area (Å²) in [4.78, 5) is 0. The molecule has 0 aliphatic carbocycles. The SMILES string of the molecule is N=C(N)c1cnn(C2CCCCO2)c1. The normalized spacial score (nSPS) is 22.1. The lowest BCUT2D eigenvalue weighted by molar-refractivity contribution is -0.0394. The largest absolute Gasteiger partial charge is 0.384 e. The van der Waals surface area contributed by atoms with Crippen molar-refractivity contribution in [3.63, 3.8) is 0 Å². The van der Waals surface area contributed by atoms with Crippen LogP contribution in [0.3, 0.4) is 0 Å². The summed E-state index contributed by atoms with van der Waals surface area (Å²) in [7, 11) is 0. The third-order valence-electron chi connectivity index (χ3n) is 2.36. The fraction of sp³-hybridized carbons (Fsp3) is 0.556. The van der Waals surface area contributed by atoms with E-state index in [2.05, 4.69) is 5.10 Å². The van der Waals surface area contributed by atoms with Crippen LogP contribution in [0, 0.1) is 5.41 Å². The van der Waals surface area contributed by atoms with Crippen molar-refractivity contribution >= 4 is 5.84 Å². The van der Waals surface area contributed by atoms with Gasteiger partial charge >= 0.3 is 0 Å². The van der Waals surface area contributed by atoms with Crippen molar-refractivity contribution in [2.24, 2.45) is 5.73 Å². The van der Waals surface area contributed by atoms with Gasteiger partial charge in [0.25, 0.3) is 0 Å². The van der Waals surface area contributed by atoms with Crippen molar-refractivity contribution in [1.29, 1.82) is 5.41 Å². The second kappa shape index (κ2) is 3.79. The molecule has 1 aliphatic rings. The van der Waals surface area contributed by atoms with Gasteiger partial charge in [0, 0.05) is 12.8 Å². The van der Waals surface area contributed by atoms with E-state index in [4.69, 9.17) is 15.9 Å². The van der Waals surface area contributed by atoms with Crippen LogP contribution in [0.25, 0.3) is 0 Å². The van der Waals surface area contributed by atoms with Crippen LogP contribution in [-0.2, 0) is 4.74 Å². The monoisotopic (exact) mass is 194 g/mol. The third kappa shape index (κ3) is 1.77. The molecule has 5 nitrogen and oxygen atoms in total. The van der Waals surface area contributed by atoms with Crippen molar-refractivity contribution in [2.75, 3.05) is 6.61 Å². The van der Waals surface area contributed by atoms with E-state index in [1.807, 2.05) is 0 Å². The summed E-state index contributed by atoms with van der Waals surface area (Å²) in [6, 6.07) is 0. The molecule has 0 bridgehead atoms. The lowest BCUT2D eigenvalue weighted by Gasteiger charge is -2.22. The summed E-state index contributed by atoms with van der Waals surface area (Å²) in [6.45, 7) is 0.792. The van der Waals surface area contributed by atoms with E-state index < -0.39 is 0 Å². The quantitative estimate of drug-likeness (QED) is 0.541. The maximum absolute atomic E-state index is 7.25. The van der Waals surface area contributed by atoms with Crippen molar-refractivity contribution in [3.05, 3.63) is 18.0 Å².